The minimum atomic E-state index is 0.541. The molecule has 0 saturated heterocycles. The third-order valence-corrected chi connectivity index (χ3v) is 2.82. The first kappa shape index (κ1) is 8.31. The molecule has 68 valence electrons. The van der Waals surface area contributed by atoms with Gasteiger partial charge >= 0.3 is 0 Å². The summed E-state index contributed by atoms with van der Waals surface area (Å²) in [6.07, 6.45) is 8.91. The highest BCUT2D eigenvalue weighted by atomic mass is 15.1. The summed E-state index contributed by atoms with van der Waals surface area (Å²) in [6, 6.07) is 2.09. The van der Waals surface area contributed by atoms with Crippen molar-refractivity contribution in [2.75, 3.05) is 0 Å². The minimum absolute atomic E-state index is 0.541. The Morgan fingerprint density at radius 2 is 2.46 bits per heavy atom. The van der Waals surface area contributed by atoms with Crippen molar-refractivity contribution in [3.05, 3.63) is 18.2 Å². The standard InChI is InChI=1S/C10H13N3/c11-8-10-12-5-7-13(10)6-4-9-2-1-3-9/h5,7,9H,1-4,6H2. The molecule has 1 fully saturated rings. The third-order valence-electron chi connectivity index (χ3n) is 2.82. The molecule has 3 heteroatoms. The Bertz CT molecular complexity index is 317. The van der Waals surface area contributed by atoms with Crippen molar-refractivity contribution in [1.29, 1.82) is 5.26 Å². The summed E-state index contributed by atoms with van der Waals surface area (Å²) in [7, 11) is 0. The van der Waals surface area contributed by atoms with Gasteiger partial charge in [0, 0.05) is 18.9 Å². The van der Waals surface area contributed by atoms with Crippen LogP contribution in [0.3, 0.4) is 0 Å². The summed E-state index contributed by atoms with van der Waals surface area (Å²) in [5, 5.41) is 8.71. The van der Waals surface area contributed by atoms with Crippen LogP contribution in [-0.4, -0.2) is 9.55 Å². The predicted octanol–water partition coefficient (Wildman–Crippen LogP) is 1.94. The van der Waals surface area contributed by atoms with E-state index in [-0.39, 0.29) is 0 Å². The first-order valence-electron chi connectivity index (χ1n) is 4.81. The quantitative estimate of drug-likeness (QED) is 0.704. The fourth-order valence-electron chi connectivity index (χ4n) is 1.71. The number of aromatic nitrogens is 2. The van der Waals surface area contributed by atoms with Gasteiger partial charge < -0.3 is 4.57 Å². The second-order valence-corrected chi connectivity index (χ2v) is 3.64. The molecule has 13 heavy (non-hydrogen) atoms. The van der Waals surface area contributed by atoms with Gasteiger partial charge in [-0.2, -0.15) is 5.26 Å². The maximum Gasteiger partial charge on any atom is 0.212 e. The summed E-state index contributed by atoms with van der Waals surface area (Å²) in [5.41, 5.74) is 0. The van der Waals surface area contributed by atoms with Gasteiger partial charge in [0.25, 0.3) is 0 Å². The third kappa shape index (κ3) is 1.72. The summed E-state index contributed by atoms with van der Waals surface area (Å²) < 4.78 is 1.94. The molecule has 0 atom stereocenters. The number of nitriles is 1. The minimum Gasteiger partial charge on any atom is -0.323 e. The monoisotopic (exact) mass is 175 g/mol. The smallest absolute Gasteiger partial charge is 0.212 e. The molecule has 2 rings (SSSR count). The van der Waals surface area contributed by atoms with Crippen LogP contribution >= 0.6 is 0 Å². The van der Waals surface area contributed by atoms with Crippen LogP contribution < -0.4 is 0 Å². The van der Waals surface area contributed by atoms with E-state index in [1.165, 1.54) is 25.7 Å². The lowest BCUT2D eigenvalue weighted by molar-refractivity contribution is 0.282. The molecule has 1 heterocycles. The van der Waals surface area contributed by atoms with E-state index in [9.17, 15) is 0 Å². The molecule has 1 aromatic heterocycles. The van der Waals surface area contributed by atoms with Gasteiger partial charge in [0.2, 0.25) is 5.82 Å². The normalized spacial score (nSPS) is 16.5. The largest absolute Gasteiger partial charge is 0.323 e. The first-order valence-corrected chi connectivity index (χ1v) is 4.81. The van der Waals surface area contributed by atoms with Crippen LogP contribution in [0, 0.1) is 17.2 Å². The fourth-order valence-corrected chi connectivity index (χ4v) is 1.71. The van der Waals surface area contributed by atoms with Gasteiger partial charge in [-0.05, 0) is 12.3 Å². The second-order valence-electron chi connectivity index (χ2n) is 3.64. The van der Waals surface area contributed by atoms with Crippen LogP contribution in [0.4, 0.5) is 0 Å². The summed E-state index contributed by atoms with van der Waals surface area (Å²) in [5.74, 6) is 1.44. The molecule has 1 aliphatic carbocycles. The zero-order valence-electron chi connectivity index (χ0n) is 7.61. The van der Waals surface area contributed by atoms with E-state index in [1.807, 2.05) is 10.8 Å². The molecule has 0 radical (unpaired) electrons. The average Bonchev–Trinajstić information content (AvgIpc) is 2.49. The molecule has 0 N–H and O–H groups in total. The van der Waals surface area contributed by atoms with E-state index in [2.05, 4.69) is 11.1 Å². The van der Waals surface area contributed by atoms with Crippen molar-refractivity contribution < 1.29 is 0 Å². The Kier molecular flexibility index (Phi) is 2.31. The molecule has 0 bridgehead atoms. The molecular formula is C10H13N3. The van der Waals surface area contributed by atoms with E-state index in [0.717, 1.165) is 12.5 Å². The van der Waals surface area contributed by atoms with Gasteiger partial charge in [-0.15, -0.1) is 0 Å². The van der Waals surface area contributed by atoms with Gasteiger partial charge in [0.15, 0.2) is 0 Å². The van der Waals surface area contributed by atoms with E-state index in [0.29, 0.717) is 5.82 Å². The zero-order valence-corrected chi connectivity index (χ0v) is 7.61. The van der Waals surface area contributed by atoms with Gasteiger partial charge in [-0.1, -0.05) is 19.3 Å². The van der Waals surface area contributed by atoms with Crippen molar-refractivity contribution >= 4 is 0 Å². The van der Waals surface area contributed by atoms with Crippen LogP contribution in [0.2, 0.25) is 0 Å². The zero-order chi connectivity index (χ0) is 9.10. The number of imidazole rings is 1. The van der Waals surface area contributed by atoms with Crippen LogP contribution in [0.5, 0.6) is 0 Å². The molecule has 0 spiro atoms. The van der Waals surface area contributed by atoms with Crippen molar-refractivity contribution in [2.24, 2.45) is 5.92 Å². The Hall–Kier alpha value is -1.30. The van der Waals surface area contributed by atoms with Crippen molar-refractivity contribution in [3.63, 3.8) is 0 Å². The van der Waals surface area contributed by atoms with Crippen LogP contribution in [-0.2, 0) is 6.54 Å². The first-order chi connectivity index (χ1) is 6.40. The molecule has 3 nitrogen and oxygen atoms in total. The lowest BCUT2D eigenvalue weighted by Crippen LogP contribution is -2.14. The van der Waals surface area contributed by atoms with Gasteiger partial charge in [0.05, 0.1) is 0 Å². The van der Waals surface area contributed by atoms with E-state index in [4.69, 9.17) is 5.26 Å². The molecule has 0 unspecified atom stereocenters. The number of hydrogen-bond acceptors (Lipinski definition) is 2. The van der Waals surface area contributed by atoms with Crippen LogP contribution in [0.15, 0.2) is 12.4 Å². The molecule has 1 aromatic rings. The topological polar surface area (TPSA) is 41.6 Å². The molecule has 1 aliphatic rings. The number of nitrogens with zero attached hydrogens (tertiary/aromatic N) is 3. The van der Waals surface area contributed by atoms with Crippen LogP contribution in [0.25, 0.3) is 0 Å². The maximum atomic E-state index is 8.71. The van der Waals surface area contributed by atoms with Crippen LogP contribution in [0.1, 0.15) is 31.5 Å². The number of hydrogen-bond donors (Lipinski definition) is 0. The van der Waals surface area contributed by atoms with Gasteiger partial charge in [-0.25, -0.2) is 4.98 Å². The Balaban J connectivity index is 1.90. The summed E-state index contributed by atoms with van der Waals surface area (Å²) in [6.45, 7) is 0.952. The molecule has 0 aliphatic heterocycles. The Morgan fingerprint density at radius 3 is 3.08 bits per heavy atom. The lowest BCUT2D eigenvalue weighted by atomic mass is 9.83. The molecule has 0 amide bonds. The van der Waals surface area contributed by atoms with Gasteiger partial charge in [0.1, 0.15) is 6.07 Å². The maximum absolute atomic E-state index is 8.71. The highest BCUT2D eigenvalue weighted by Crippen LogP contribution is 2.29. The molecule has 1 saturated carbocycles. The summed E-state index contributed by atoms with van der Waals surface area (Å²) in [4.78, 5) is 3.96. The fraction of sp³-hybridized carbons (Fsp3) is 0.600. The van der Waals surface area contributed by atoms with Crippen molar-refractivity contribution in [1.82, 2.24) is 9.55 Å². The highest BCUT2D eigenvalue weighted by molar-refractivity contribution is 5.10. The van der Waals surface area contributed by atoms with E-state index < -0.39 is 0 Å². The second kappa shape index (κ2) is 3.61. The van der Waals surface area contributed by atoms with Crippen molar-refractivity contribution in [2.45, 2.75) is 32.2 Å². The van der Waals surface area contributed by atoms with E-state index >= 15 is 0 Å². The number of aryl methyl sites for hydroxylation is 1. The SMILES string of the molecule is N#Cc1nccn1CCC1CCC1. The number of rotatable bonds is 3. The Labute approximate surface area is 78.0 Å². The Morgan fingerprint density at radius 1 is 1.62 bits per heavy atom. The van der Waals surface area contributed by atoms with E-state index in [1.54, 1.807) is 6.20 Å². The lowest BCUT2D eigenvalue weighted by Gasteiger charge is -2.25. The molecular weight excluding hydrogens is 162 g/mol. The summed E-state index contributed by atoms with van der Waals surface area (Å²) >= 11 is 0. The molecule has 0 aromatic carbocycles. The van der Waals surface area contributed by atoms with Crippen molar-refractivity contribution in [3.8, 4) is 6.07 Å². The average molecular weight is 175 g/mol. The van der Waals surface area contributed by atoms with Gasteiger partial charge in [-0.3, -0.25) is 0 Å². The predicted molar refractivity (Wildman–Crippen MR) is 48.9 cm³/mol. The highest BCUT2D eigenvalue weighted by Gasteiger charge is 2.17.